The Hall–Kier alpha value is -4.33. The fraction of sp³-hybridized carbons (Fsp3) is 0.345. The summed E-state index contributed by atoms with van der Waals surface area (Å²) in [5, 5.41) is 4.13. The molecule has 0 unspecified atom stereocenters. The first-order valence-corrected chi connectivity index (χ1v) is 14.8. The van der Waals surface area contributed by atoms with E-state index in [9.17, 15) is 17.2 Å². The Kier molecular flexibility index (Phi) is 8.49. The molecule has 2 aromatic carbocycles. The second-order valence-corrected chi connectivity index (χ2v) is 11.9. The number of hydrogen-bond donors (Lipinski definition) is 0. The predicted molar refractivity (Wildman–Crippen MR) is 151 cm³/mol. The minimum Gasteiger partial charge on any atom is -0.497 e. The average molecular weight is 618 g/mol. The fourth-order valence-corrected chi connectivity index (χ4v) is 6.66. The molecule has 4 aromatic rings. The zero-order chi connectivity index (χ0) is 30.8. The number of nitrogens with zero attached hydrogens (tertiary/aromatic N) is 5. The standard InChI is InChI=1S/C29H30F3N5O5S/c1-36-24(9-13-35-36)22-8-11-29(31,32)16-26(22)42-21-6-7-27(23(30)14-21)43(38,39)37(28-10-12-33-18-34-28)17-19-4-5-20(40-2)15-25(19)41-3/h4-7,9-10,12-15,18,22,26H,8,11,16-17H2,1-3H3/t22-,26+/m1/s1. The zero-order valence-electron chi connectivity index (χ0n) is 23.7. The number of ether oxygens (including phenoxy) is 3. The van der Waals surface area contributed by atoms with Gasteiger partial charge >= 0.3 is 0 Å². The van der Waals surface area contributed by atoms with Crippen molar-refractivity contribution in [1.82, 2.24) is 19.7 Å². The maximum Gasteiger partial charge on any atom is 0.268 e. The van der Waals surface area contributed by atoms with Crippen molar-refractivity contribution in [2.45, 2.75) is 48.6 Å². The van der Waals surface area contributed by atoms with Gasteiger partial charge in [-0.05, 0) is 36.8 Å². The average Bonchev–Trinajstić information content (AvgIpc) is 3.41. The Morgan fingerprint density at radius 3 is 2.49 bits per heavy atom. The number of aryl methyl sites for hydroxylation is 1. The lowest BCUT2D eigenvalue weighted by Gasteiger charge is -2.36. The van der Waals surface area contributed by atoms with Gasteiger partial charge in [0, 0.05) is 67.7 Å². The highest BCUT2D eigenvalue weighted by atomic mass is 32.2. The highest BCUT2D eigenvalue weighted by Gasteiger charge is 2.44. The Labute approximate surface area is 247 Å². The summed E-state index contributed by atoms with van der Waals surface area (Å²) in [4.78, 5) is 7.28. The number of methoxy groups -OCH3 is 2. The molecule has 10 nitrogen and oxygen atoms in total. The largest absolute Gasteiger partial charge is 0.497 e. The summed E-state index contributed by atoms with van der Waals surface area (Å²) in [6, 6.07) is 11.2. The highest BCUT2D eigenvalue weighted by molar-refractivity contribution is 7.92. The third-order valence-corrected chi connectivity index (χ3v) is 9.18. The molecular weight excluding hydrogens is 587 g/mol. The van der Waals surface area contributed by atoms with Crippen molar-refractivity contribution in [1.29, 1.82) is 0 Å². The van der Waals surface area contributed by atoms with Crippen molar-refractivity contribution in [3.8, 4) is 17.2 Å². The molecule has 2 aromatic heterocycles. The Balaban J connectivity index is 1.47. The number of hydrogen-bond acceptors (Lipinski definition) is 8. The van der Waals surface area contributed by atoms with E-state index in [1.807, 2.05) is 0 Å². The van der Waals surface area contributed by atoms with Gasteiger partial charge in [-0.1, -0.05) is 0 Å². The van der Waals surface area contributed by atoms with Crippen molar-refractivity contribution < 1.29 is 35.8 Å². The summed E-state index contributed by atoms with van der Waals surface area (Å²) in [6.45, 7) is -0.256. The van der Waals surface area contributed by atoms with Crippen LogP contribution in [0.4, 0.5) is 19.0 Å². The van der Waals surface area contributed by atoms with Gasteiger partial charge in [0.05, 0.1) is 20.8 Å². The minimum atomic E-state index is -4.55. The van der Waals surface area contributed by atoms with Crippen molar-refractivity contribution in [3.63, 3.8) is 0 Å². The van der Waals surface area contributed by atoms with E-state index in [0.29, 0.717) is 17.1 Å². The molecule has 2 heterocycles. The number of halogens is 3. The van der Waals surface area contributed by atoms with Gasteiger partial charge in [-0.2, -0.15) is 5.10 Å². The number of benzene rings is 2. The first-order valence-electron chi connectivity index (χ1n) is 13.3. The molecule has 0 bridgehead atoms. The van der Waals surface area contributed by atoms with Crippen LogP contribution in [0.1, 0.15) is 36.4 Å². The zero-order valence-corrected chi connectivity index (χ0v) is 24.5. The van der Waals surface area contributed by atoms with Crippen molar-refractivity contribution >= 4 is 15.8 Å². The van der Waals surface area contributed by atoms with Crippen LogP contribution in [0.3, 0.4) is 0 Å². The summed E-state index contributed by atoms with van der Waals surface area (Å²) in [6.07, 6.45) is 2.39. The number of aromatic nitrogens is 4. The quantitative estimate of drug-likeness (QED) is 0.242. The molecule has 1 saturated carbocycles. The lowest BCUT2D eigenvalue weighted by molar-refractivity contribution is -0.0781. The van der Waals surface area contributed by atoms with E-state index in [4.69, 9.17) is 14.2 Å². The second-order valence-electron chi connectivity index (χ2n) is 10.1. The van der Waals surface area contributed by atoms with Crippen LogP contribution in [0.15, 0.2) is 72.1 Å². The molecule has 2 atom stereocenters. The molecule has 0 N–H and O–H groups in total. The van der Waals surface area contributed by atoms with Gasteiger partial charge in [-0.3, -0.25) is 4.68 Å². The molecule has 228 valence electrons. The number of rotatable bonds is 10. The van der Waals surface area contributed by atoms with Crippen molar-refractivity contribution in [2.24, 2.45) is 7.05 Å². The van der Waals surface area contributed by atoms with E-state index in [2.05, 4.69) is 15.1 Å². The van der Waals surface area contributed by atoms with Gasteiger partial charge in [0.1, 0.15) is 46.2 Å². The van der Waals surface area contributed by atoms with Gasteiger partial charge in [-0.15, -0.1) is 0 Å². The van der Waals surface area contributed by atoms with Crippen LogP contribution in [0, 0.1) is 5.82 Å². The van der Waals surface area contributed by atoms with Gasteiger partial charge in [0.25, 0.3) is 15.9 Å². The molecule has 1 aliphatic carbocycles. The maximum absolute atomic E-state index is 15.6. The monoisotopic (exact) mass is 617 g/mol. The molecule has 1 aliphatic rings. The van der Waals surface area contributed by atoms with Crippen LogP contribution in [0.2, 0.25) is 0 Å². The van der Waals surface area contributed by atoms with E-state index in [1.54, 1.807) is 42.2 Å². The van der Waals surface area contributed by atoms with Gasteiger partial charge in [0.15, 0.2) is 0 Å². The number of alkyl halides is 2. The smallest absolute Gasteiger partial charge is 0.268 e. The summed E-state index contributed by atoms with van der Waals surface area (Å²) >= 11 is 0. The van der Waals surface area contributed by atoms with Crippen LogP contribution >= 0.6 is 0 Å². The first-order chi connectivity index (χ1) is 20.5. The topological polar surface area (TPSA) is 109 Å². The molecule has 0 saturated heterocycles. The van der Waals surface area contributed by atoms with Crippen LogP contribution in [-0.2, 0) is 23.6 Å². The van der Waals surface area contributed by atoms with Gasteiger partial charge < -0.3 is 14.2 Å². The van der Waals surface area contributed by atoms with Crippen LogP contribution in [0.5, 0.6) is 17.2 Å². The summed E-state index contributed by atoms with van der Waals surface area (Å²) in [5.41, 5.74) is 1.18. The van der Waals surface area contributed by atoms with Crippen LogP contribution in [0.25, 0.3) is 0 Å². The lowest BCUT2D eigenvalue weighted by atomic mass is 9.82. The maximum atomic E-state index is 15.6. The summed E-state index contributed by atoms with van der Waals surface area (Å²) in [5.74, 6) is -3.70. The molecule has 14 heteroatoms. The van der Waals surface area contributed by atoms with E-state index >= 15 is 4.39 Å². The summed E-state index contributed by atoms with van der Waals surface area (Å²) < 4.78 is 91.4. The highest BCUT2D eigenvalue weighted by Crippen LogP contribution is 2.43. The third kappa shape index (κ3) is 6.38. The van der Waals surface area contributed by atoms with Crippen LogP contribution in [-0.4, -0.2) is 54.4 Å². The van der Waals surface area contributed by atoms with E-state index in [0.717, 1.165) is 22.1 Å². The molecule has 0 aliphatic heterocycles. The van der Waals surface area contributed by atoms with E-state index in [1.165, 1.54) is 38.9 Å². The molecule has 5 rings (SSSR count). The normalized spacial score (nSPS) is 18.2. The Bertz CT molecular complexity index is 1690. The fourth-order valence-electron chi connectivity index (χ4n) is 5.22. The second kappa shape index (κ2) is 12.1. The Morgan fingerprint density at radius 2 is 1.84 bits per heavy atom. The lowest BCUT2D eigenvalue weighted by Crippen LogP contribution is -2.39. The van der Waals surface area contributed by atoms with Gasteiger partial charge in [-0.25, -0.2) is 35.9 Å². The molecule has 0 radical (unpaired) electrons. The Morgan fingerprint density at radius 1 is 1.05 bits per heavy atom. The van der Waals surface area contributed by atoms with Crippen molar-refractivity contribution in [3.05, 3.63) is 84.3 Å². The predicted octanol–water partition coefficient (Wildman–Crippen LogP) is 5.11. The van der Waals surface area contributed by atoms with E-state index < -0.39 is 45.1 Å². The summed E-state index contributed by atoms with van der Waals surface area (Å²) in [7, 11) is 0.0809. The minimum absolute atomic E-state index is 0.00365. The molecule has 1 fully saturated rings. The number of anilines is 1. The third-order valence-electron chi connectivity index (χ3n) is 7.40. The molecule has 0 spiro atoms. The molecule has 43 heavy (non-hydrogen) atoms. The van der Waals surface area contributed by atoms with Crippen molar-refractivity contribution in [2.75, 3.05) is 18.5 Å². The SMILES string of the molecule is COc1ccc(CN(c2ccncn2)S(=O)(=O)c2ccc(O[C@H]3CC(F)(F)CC[C@@H]3c3ccnn3C)cc2F)c(OC)c1. The molecule has 0 amide bonds. The number of sulfonamides is 1. The van der Waals surface area contributed by atoms with E-state index in [-0.39, 0.29) is 31.0 Å². The first kappa shape index (κ1) is 30.1. The van der Waals surface area contributed by atoms with Gasteiger partial charge in [0.2, 0.25) is 0 Å². The molecular formula is C29H30F3N5O5S. The van der Waals surface area contributed by atoms with Crippen LogP contribution < -0.4 is 18.5 Å².